The van der Waals surface area contributed by atoms with Crippen LogP contribution in [0, 0.1) is 5.82 Å². The van der Waals surface area contributed by atoms with Crippen LogP contribution in [0.1, 0.15) is 24.2 Å². The van der Waals surface area contributed by atoms with Crippen LogP contribution in [0.15, 0.2) is 18.2 Å². The fourth-order valence-electron chi connectivity index (χ4n) is 1.51. The van der Waals surface area contributed by atoms with Crippen LogP contribution in [-0.2, 0) is 4.79 Å². The van der Waals surface area contributed by atoms with E-state index in [2.05, 4.69) is 0 Å². The molecule has 0 saturated heterocycles. The molecule has 1 aromatic carbocycles. The van der Waals surface area contributed by atoms with Crippen LogP contribution in [0.5, 0.6) is 5.75 Å². The summed E-state index contributed by atoms with van der Waals surface area (Å²) in [7, 11) is 0. The first-order valence-electron chi connectivity index (χ1n) is 5.77. The van der Waals surface area contributed by atoms with Gasteiger partial charge in [-0.3, -0.25) is 9.59 Å². The van der Waals surface area contributed by atoms with Gasteiger partial charge < -0.3 is 9.64 Å². The lowest BCUT2D eigenvalue weighted by molar-refractivity contribution is -0.133. The normalized spacial score (nSPS) is 9.94. The zero-order chi connectivity index (χ0) is 13.5. The highest BCUT2D eigenvalue weighted by molar-refractivity contribution is 5.78. The van der Waals surface area contributed by atoms with Crippen molar-refractivity contribution >= 4 is 12.2 Å². The maximum atomic E-state index is 13.4. The summed E-state index contributed by atoms with van der Waals surface area (Å²) in [5.41, 5.74) is 0.231. The predicted molar refractivity (Wildman–Crippen MR) is 65.2 cm³/mol. The summed E-state index contributed by atoms with van der Waals surface area (Å²) < 4.78 is 18.5. The maximum Gasteiger partial charge on any atom is 0.260 e. The van der Waals surface area contributed by atoms with Crippen molar-refractivity contribution in [1.82, 2.24) is 4.90 Å². The van der Waals surface area contributed by atoms with Gasteiger partial charge in [0.1, 0.15) is 6.29 Å². The first kappa shape index (κ1) is 14.2. The smallest absolute Gasteiger partial charge is 0.260 e. The SMILES string of the molecule is CCN(CC)C(=O)COc1ccc(C=O)cc1F. The number of benzene rings is 1. The number of halogens is 1. The number of carbonyl (C=O) groups excluding carboxylic acids is 2. The van der Waals surface area contributed by atoms with E-state index in [1.165, 1.54) is 12.1 Å². The third-order valence-corrected chi connectivity index (χ3v) is 2.56. The fraction of sp³-hybridized carbons (Fsp3) is 0.385. The van der Waals surface area contributed by atoms with Gasteiger partial charge in [0.05, 0.1) is 0 Å². The second kappa shape index (κ2) is 6.74. The van der Waals surface area contributed by atoms with E-state index < -0.39 is 5.82 Å². The van der Waals surface area contributed by atoms with E-state index in [1.807, 2.05) is 13.8 Å². The van der Waals surface area contributed by atoms with E-state index in [4.69, 9.17) is 4.74 Å². The van der Waals surface area contributed by atoms with Crippen molar-refractivity contribution in [2.45, 2.75) is 13.8 Å². The van der Waals surface area contributed by atoms with Crippen LogP contribution in [0.2, 0.25) is 0 Å². The molecule has 0 aromatic heterocycles. The quantitative estimate of drug-likeness (QED) is 0.727. The Labute approximate surface area is 105 Å². The summed E-state index contributed by atoms with van der Waals surface area (Å²) in [4.78, 5) is 23.7. The van der Waals surface area contributed by atoms with E-state index in [1.54, 1.807) is 4.90 Å². The molecule has 0 spiro atoms. The molecule has 0 atom stereocenters. The van der Waals surface area contributed by atoms with Gasteiger partial charge in [0.15, 0.2) is 18.2 Å². The van der Waals surface area contributed by atoms with Gasteiger partial charge >= 0.3 is 0 Å². The number of carbonyl (C=O) groups is 2. The first-order chi connectivity index (χ1) is 8.62. The molecule has 0 aliphatic heterocycles. The molecular formula is C13H16FNO3. The molecule has 4 nitrogen and oxygen atoms in total. The molecule has 0 aliphatic carbocycles. The van der Waals surface area contributed by atoms with Crippen LogP contribution in [0.4, 0.5) is 4.39 Å². The summed E-state index contributed by atoms with van der Waals surface area (Å²) in [6.45, 7) is 4.69. The van der Waals surface area contributed by atoms with Gasteiger partial charge in [0.2, 0.25) is 0 Å². The van der Waals surface area contributed by atoms with Gasteiger partial charge in [0, 0.05) is 18.7 Å². The molecule has 1 aromatic rings. The molecule has 0 radical (unpaired) electrons. The Morgan fingerprint density at radius 3 is 2.56 bits per heavy atom. The van der Waals surface area contributed by atoms with Crippen LogP contribution < -0.4 is 4.74 Å². The van der Waals surface area contributed by atoms with E-state index in [0.717, 1.165) is 6.07 Å². The summed E-state index contributed by atoms with van der Waals surface area (Å²) in [6, 6.07) is 3.85. The minimum absolute atomic E-state index is 0.0268. The molecular weight excluding hydrogens is 237 g/mol. The lowest BCUT2D eigenvalue weighted by Gasteiger charge is -2.18. The zero-order valence-corrected chi connectivity index (χ0v) is 10.5. The van der Waals surface area contributed by atoms with Crippen LogP contribution >= 0.6 is 0 Å². The Kier molecular flexibility index (Phi) is 5.30. The van der Waals surface area contributed by atoms with Crippen LogP contribution in [-0.4, -0.2) is 36.8 Å². The van der Waals surface area contributed by atoms with Gasteiger partial charge in [-0.05, 0) is 32.0 Å². The van der Waals surface area contributed by atoms with E-state index in [0.29, 0.717) is 19.4 Å². The molecule has 5 heteroatoms. The number of nitrogens with zero attached hydrogens (tertiary/aromatic N) is 1. The largest absolute Gasteiger partial charge is 0.481 e. The molecule has 0 fully saturated rings. The number of rotatable bonds is 6. The number of amides is 1. The molecule has 0 heterocycles. The summed E-state index contributed by atoms with van der Waals surface area (Å²) in [5, 5.41) is 0. The van der Waals surface area contributed by atoms with Gasteiger partial charge in [0.25, 0.3) is 5.91 Å². The van der Waals surface area contributed by atoms with Crippen LogP contribution in [0.3, 0.4) is 0 Å². The standard InChI is InChI=1S/C13H16FNO3/c1-3-15(4-2)13(17)9-18-12-6-5-10(8-16)7-11(12)14/h5-8H,3-4,9H2,1-2H3. The van der Waals surface area contributed by atoms with E-state index in [9.17, 15) is 14.0 Å². The minimum atomic E-state index is -0.646. The number of aldehydes is 1. The van der Waals surface area contributed by atoms with Crippen molar-refractivity contribution in [3.05, 3.63) is 29.6 Å². The summed E-state index contributed by atoms with van der Waals surface area (Å²) in [5.74, 6) is -0.869. The maximum absolute atomic E-state index is 13.4. The average Bonchev–Trinajstić information content (AvgIpc) is 2.38. The molecule has 18 heavy (non-hydrogen) atoms. The molecule has 1 rings (SSSR count). The van der Waals surface area contributed by atoms with Crippen molar-refractivity contribution in [3.8, 4) is 5.75 Å². The van der Waals surface area contributed by atoms with Crippen molar-refractivity contribution < 1.29 is 18.7 Å². The highest BCUT2D eigenvalue weighted by atomic mass is 19.1. The zero-order valence-electron chi connectivity index (χ0n) is 10.5. The Morgan fingerprint density at radius 1 is 1.39 bits per heavy atom. The Bertz CT molecular complexity index is 430. The van der Waals surface area contributed by atoms with Crippen LogP contribution in [0.25, 0.3) is 0 Å². The molecule has 0 unspecified atom stereocenters. The second-order valence-electron chi connectivity index (χ2n) is 3.66. The molecule has 98 valence electrons. The Hall–Kier alpha value is -1.91. The monoisotopic (exact) mass is 253 g/mol. The third kappa shape index (κ3) is 3.55. The lowest BCUT2D eigenvalue weighted by Crippen LogP contribution is -2.34. The molecule has 0 saturated carbocycles. The van der Waals surface area contributed by atoms with Crippen molar-refractivity contribution in [2.75, 3.05) is 19.7 Å². The highest BCUT2D eigenvalue weighted by Crippen LogP contribution is 2.17. The number of hydrogen-bond donors (Lipinski definition) is 0. The van der Waals surface area contributed by atoms with E-state index in [-0.39, 0.29) is 23.8 Å². The first-order valence-corrected chi connectivity index (χ1v) is 5.77. The average molecular weight is 253 g/mol. The van der Waals surface area contributed by atoms with Gasteiger partial charge in [-0.25, -0.2) is 4.39 Å². The number of ether oxygens (including phenoxy) is 1. The number of hydrogen-bond acceptors (Lipinski definition) is 3. The van der Waals surface area contributed by atoms with E-state index >= 15 is 0 Å². The molecule has 0 bridgehead atoms. The van der Waals surface area contributed by atoms with Gasteiger partial charge in [-0.15, -0.1) is 0 Å². The third-order valence-electron chi connectivity index (χ3n) is 2.56. The lowest BCUT2D eigenvalue weighted by atomic mass is 10.2. The highest BCUT2D eigenvalue weighted by Gasteiger charge is 2.12. The van der Waals surface area contributed by atoms with Crippen molar-refractivity contribution in [1.29, 1.82) is 0 Å². The topological polar surface area (TPSA) is 46.6 Å². The second-order valence-corrected chi connectivity index (χ2v) is 3.66. The number of likely N-dealkylation sites (N-methyl/N-ethyl adjacent to an activating group) is 1. The van der Waals surface area contributed by atoms with Crippen molar-refractivity contribution in [2.24, 2.45) is 0 Å². The predicted octanol–water partition coefficient (Wildman–Crippen LogP) is 1.89. The molecule has 1 amide bonds. The summed E-state index contributed by atoms with van der Waals surface area (Å²) >= 11 is 0. The van der Waals surface area contributed by atoms with Crippen molar-refractivity contribution in [3.63, 3.8) is 0 Å². The Morgan fingerprint density at radius 2 is 2.06 bits per heavy atom. The Balaban J connectivity index is 2.63. The summed E-state index contributed by atoms with van der Waals surface area (Å²) in [6.07, 6.45) is 0.550. The van der Waals surface area contributed by atoms with Gasteiger partial charge in [-0.1, -0.05) is 0 Å². The minimum Gasteiger partial charge on any atom is -0.481 e. The molecule has 0 N–H and O–H groups in total. The molecule has 0 aliphatic rings. The van der Waals surface area contributed by atoms with Gasteiger partial charge in [-0.2, -0.15) is 0 Å². The fourth-order valence-corrected chi connectivity index (χ4v) is 1.51.